The minimum atomic E-state index is -4.15. The molecule has 0 spiro atoms. The van der Waals surface area contributed by atoms with E-state index in [1.807, 2.05) is 13.0 Å². The van der Waals surface area contributed by atoms with Gasteiger partial charge in [-0.25, -0.2) is 12.8 Å². The molecular weight excluding hydrogens is 487 g/mol. The molecule has 36 heavy (non-hydrogen) atoms. The summed E-state index contributed by atoms with van der Waals surface area (Å²) < 4.78 is 58.1. The Morgan fingerprint density at radius 3 is 2.36 bits per heavy atom. The number of hydrogen-bond acceptors (Lipinski definition) is 6. The molecule has 8 nitrogen and oxygen atoms in total. The molecule has 1 aliphatic rings. The molecule has 0 saturated carbocycles. The summed E-state index contributed by atoms with van der Waals surface area (Å²) in [6.45, 7) is 4.46. The number of nitrogens with zero attached hydrogens (tertiary/aromatic N) is 1. The third-order valence-electron chi connectivity index (χ3n) is 5.57. The predicted molar refractivity (Wildman–Crippen MR) is 133 cm³/mol. The fourth-order valence-electron chi connectivity index (χ4n) is 3.75. The number of hydrogen-bond donors (Lipinski definition) is 1. The third-order valence-corrected chi connectivity index (χ3v) is 7.36. The monoisotopic (exact) mass is 514 g/mol. The van der Waals surface area contributed by atoms with E-state index in [9.17, 15) is 17.6 Å². The zero-order valence-electron chi connectivity index (χ0n) is 19.9. The molecule has 0 aliphatic carbocycles. The van der Waals surface area contributed by atoms with E-state index in [-0.39, 0.29) is 10.6 Å². The fraction of sp³-hybridized carbons (Fsp3) is 0.269. The topological polar surface area (TPSA) is 94.2 Å². The second kappa shape index (κ2) is 10.9. The first-order chi connectivity index (χ1) is 17.3. The van der Waals surface area contributed by atoms with E-state index in [1.54, 1.807) is 31.2 Å². The SMILES string of the molecule is CCOc1ccc(S(=O)(=O)N(CC(=O)N[C@@H](C)c2ccc3c(c2)OCCO3)c2ccc(F)cc2)cc1. The molecule has 190 valence electrons. The Morgan fingerprint density at radius 2 is 1.69 bits per heavy atom. The molecule has 0 radical (unpaired) electrons. The zero-order chi connectivity index (χ0) is 25.7. The zero-order valence-corrected chi connectivity index (χ0v) is 20.8. The van der Waals surface area contributed by atoms with Crippen molar-refractivity contribution in [2.45, 2.75) is 24.8 Å². The molecular formula is C26H27FN2O6S. The highest BCUT2D eigenvalue weighted by Crippen LogP contribution is 2.32. The molecule has 4 rings (SSSR count). The molecule has 1 aliphatic heterocycles. The van der Waals surface area contributed by atoms with Gasteiger partial charge in [-0.2, -0.15) is 0 Å². The van der Waals surface area contributed by atoms with Crippen LogP contribution < -0.4 is 23.8 Å². The summed E-state index contributed by atoms with van der Waals surface area (Å²) in [7, 11) is -4.15. The number of halogens is 1. The summed E-state index contributed by atoms with van der Waals surface area (Å²) in [5.74, 6) is 0.694. The van der Waals surface area contributed by atoms with E-state index in [0.29, 0.717) is 37.1 Å². The quantitative estimate of drug-likeness (QED) is 0.463. The Hall–Kier alpha value is -3.79. The van der Waals surface area contributed by atoms with Crippen molar-refractivity contribution in [3.8, 4) is 17.2 Å². The number of ether oxygens (including phenoxy) is 3. The predicted octanol–water partition coefficient (Wildman–Crippen LogP) is 4.07. The van der Waals surface area contributed by atoms with Gasteiger partial charge in [0.05, 0.1) is 23.2 Å². The van der Waals surface area contributed by atoms with Gasteiger partial charge in [-0.15, -0.1) is 0 Å². The van der Waals surface area contributed by atoms with Crippen LogP contribution in [0.1, 0.15) is 25.5 Å². The molecule has 1 atom stereocenters. The van der Waals surface area contributed by atoms with Crippen LogP contribution in [0.25, 0.3) is 0 Å². The van der Waals surface area contributed by atoms with Crippen molar-refractivity contribution in [1.29, 1.82) is 0 Å². The number of carbonyl (C=O) groups is 1. The molecule has 1 amide bonds. The van der Waals surface area contributed by atoms with Crippen molar-refractivity contribution < 1.29 is 31.8 Å². The third kappa shape index (κ3) is 5.71. The minimum Gasteiger partial charge on any atom is -0.494 e. The highest BCUT2D eigenvalue weighted by atomic mass is 32.2. The van der Waals surface area contributed by atoms with Crippen molar-refractivity contribution in [3.05, 3.63) is 78.1 Å². The van der Waals surface area contributed by atoms with Crippen LogP contribution in [-0.4, -0.2) is 40.7 Å². The van der Waals surface area contributed by atoms with E-state index < -0.39 is 34.3 Å². The second-order valence-corrected chi connectivity index (χ2v) is 9.95. The molecule has 0 saturated heterocycles. The average molecular weight is 515 g/mol. The first-order valence-electron chi connectivity index (χ1n) is 11.5. The first kappa shape index (κ1) is 25.3. The molecule has 0 unspecified atom stereocenters. The van der Waals surface area contributed by atoms with Crippen LogP contribution in [0.5, 0.6) is 17.2 Å². The minimum absolute atomic E-state index is 0.0250. The number of fused-ring (bicyclic) bond motifs is 1. The number of anilines is 1. The van der Waals surface area contributed by atoms with Crippen molar-refractivity contribution in [3.63, 3.8) is 0 Å². The van der Waals surface area contributed by atoms with Gasteiger partial charge in [0.2, 0.25) is 5.91 Å². The van der Waals surface area contributed by atoms with E-state index in [2.05, 4.69) is 5.32 Å². The largest absolute Gasteiger partial charge is 0.494 e. The van der Waals surface area contributed by atoms with Crippen LogP contribution in [0.15, 0.2) is 71.6 Å². The van der Waals surface area contributed by atoms with Gasteiger partial charge in [0.25, 0.3) is 10.0 Å². The van der Waals surface area contributed by atoms with Crippen LogP contribution in [-0.2, 0) is 14.8 Å². The van der Waals surface area contributed by atoms with Gasteiger partial charge < -0.3 is 19.5 Å². The number of sulfonamides is 1. The van der Waals surface area contributed by atoms with Crippen LogP contribution in [0.2, 0.25) is 0 Å². The molecule has 0 fully saturated rings. The maximum absolute atomic E-state index is 13.5. The lowest BCUT2D eigenvalue weighted by molar-refractivity contribution is -0.120. The van der Waals surface area contributed by atoms with Crippen molar-refractivity contribution in [2.75, 3.05) is 30.7 Å². The van der Waals surface area contributed by atoms with Crippen LogP contribution in [0.4, 0.5) is 10.1 Å². The highest BCUT2D eigenvalue weighted by Gasteiger charge is 2.28. The van der Waals surface area contributed by atoms with Crippen molar-refractivity contribution in [1.82, 2.24) is 5.32 Å². The standard InChI is InChI=1S/C26H27FN2O6S/c1-3-33-22-9-11-23(12-10-22)36(31,32)29(21-7-5-20(27)6-8-21)17-26(30)28-18(2)19-4-13-24-25(16-19)35-15-14-34-24/h4-13,16,18H,3,14-15,17H2,1-2H3,(H,28,30)/t18-/m0/s1. The smallest absolute Gasteiger partial charge is 0.264 e. The first-order valence-corrected chi connectivity index (χ1v) is 12.9. The number of amides is 1. The van der Waals surface area contributed by atoms with Crippen molar-refractivity contribution >= 4 is 21.6 Å². The summed E-state index contributed by atoms with van der Waals surface area (Å²) in [5, 5.41) is 2.83. The van der Waals surface area contributed by atoms with Crippen LogP contribution in [0.3, 0.4) is 0 Å². The van der Waals surface area contributed by atoms with E-state index in [1.165, 1.54) is 24.3 Å². The number of carbonyl (C=O) groups excluding carboxylic acids is 1. The maximum atomic E-state index is 13.5. The number of rotatable bonds is 9. The van der Waals surface area contributed by atoms with Gasteiger partial charge >= 0.3 is 0 Å². The Kier molecular flexibility index (Phi) is 7.64. The molecule has 3 aromatic rings. The Labute approximate surface area is 209 Å². The Morgan fingerprint density at radius 1 is 1.03 bits per heavy atom. The highest BCUT2D eigenvalue weighted by molar-refractivity contribution is 7.92. The fourth-order valence-corrected chi connectivity index (χ4v) is 5.18. The Balaban J connectivity index is 1.56. The molecule has 0 aromatic heterocycles. The summed E-state index contributed by atoms with van der Waals surface area (Å²) in [6.07, 6.45) is 0. The van der Waals surface area contributed by atoms with E-state index in [0.717, 1.165) is 22.0 Å². The molecule has 3 aromatic carbocycles. The lowest BCUT2D eigenvalue weighted by atomic mass is 10.1. The summed E-state index contributed by atoms with van der Waals surface area (Å²) in [4.78, 5) is 13.0. The maximum Gasteiger partial charge on any atom is 0.264 e. The van der Waals surface area contributed by atoms with Crippen LogP contribution >= 0.6 is 0 Å². The Bertz CT molecular complexity index is 1310. The van der Waals surface area contributed by atoms with E-state index >= 15 is 0 Å². The van der Waals surface area contributed by atoms with Gasteiger partial charge in [-0.3, -0.25) is 9.10 Å². The van der Waals surface area contributed by atoms with Gasteiger partial charge in [-0.1, -0.05) is 6.07 Å². The van der Waals surface area contributed by atoms with Gasteiger partial charge in [0, 0.05) is 0 Å². The molecule has 10 heteroatoms. The van der Waals surface area contributed by atoms with Crippen LogP contribution in [0, 0.1) is 5.82 Å². The average Bonchev–Trinajstić information content (AvgIpc) is 2.88. The lowest BCUT2D eigenvalue weighted by Crippen LogP contribution is -2.41. The summed E-state index contributed by atoms with van der Waals surface area (Å²) >= 11 is 0. The lowest BCUT2D eigenvalue weighted by Gasteiger charge is -2.25. The molecule has 0 bridgehead atoms. The number of nitrogens with one attached hydrogen (secondary N) is 1. The van der Waals surface area contributed by atoms with E-state index in [4.69, 9.17) is 14.2 Å². The summed E-state index contributed by atoms with van der Waals surface area (Å²) in [6, 6.07) is 15.8. The normalized spacial score (nSPS) is 13.5. The summed E-state index contributed by atoms with van der Waals surface area (Å²) in [5.41, 5.74) is 0.933. The second-order valence-electron chi connectivity index (χ2n) is 8.08. The molecule has 1 N–H and O–H groups in total. The number of benzene rings is 3. The van der Waals surface area contributed by atoms with Gasteiger partial charge in [0.1, 0.15) is 31.3 Å². The van der Waals surface area contributed by atoms with Crippen molar-refractivity contribution in [2.24, 2.45) is 0 Å². The molecule has 1 heterocycles. The van der Waals surface area contributed by atoms with Gasteiger partial charge in [0.15, 0.2) is 11.5 Å². The van der Waals surface area contributed by atoms with Gasteiger partial charge in [-0.05, 0) is 80.1 Å².